The Labute approximate surface area is 201 Å². The minimum atomic E-state index is -0.370. The molecule has 0 saturated carbocycles. The molecule has 10 nitrogen and oxygen atoms in total. The smallest absolute Gasteiger partial charge is 0.289 e. The van der Waals surface area contributed by atoms with Crippen LogP contribution >= 0.6 is 0 Å². The molecule has 0 unspecified atom stereocenters. The molecule has 2 aromatic heterocycles. The molecule has 1 aromatic carbocycles. The van der Waals surface area contributed by atoms with E-state index in [9.17, 15) is 19.2 Å². The van der Waals surface area contributed by atoms with E-state index in [1.165, 1.54) is 23.1 Å². The molecule has 1 fully saturated rings. The molecule has 2 aliphatic rings. The maximum Gasteiger partial charge on any atom is 0.289 e. The van der Waals surface area contributed by atoms with Gasteiger partial charge in [-0.2, -0.15) is 5.10 Å². The van der Waals surface area contributed by atoms with E-state index in [0.29, 0.717) is 32.7 Å². The normalized spacial score (nSPS) is 15.3. The van der Waals surface area contributed by atoms with Crippen molar-refractivity contribution in [2.45, 2.75) is 19.4 Å². The number of nitrogens with zero attached hydrogens (tertiary/aromatic N) is 5. The number of fused-ring (bicyclic) bond motifs is 1. The number of piperazine rings is 1. The fourth-order valence-electron chi connectivity index (χ4n) is 4.49. The first-order valence-electron chi connectivity index (χ1n) is 11.6. The molecule has 3 amide bonds. The van der Waals surface area contributed by atoms with Crippen molar-refractivity contribution in [3.8, 4) is 0 Å². The van der Waals surface area contributed by atoms with Gasteiger partial charge in [0, 0.05) is 50.9 Å². The number of amides is 3. The fraction of sp³-hybridized carbons (Fsp3) is 0.320. The lowest BCUT2D eigenvalue weighted by molar-refractivity contribution is -0.133. The van der Waals surface area contributed by atoms with Crippen LogP contribution in [-0.2, 0) is 17.8 Å². The van der Waals surface area contributed by atoms with Gasteiger partial charge in [-0.1, -0.05) is 18.2 Å². The average Bonchev–Trinajstić information content (AvgIpc) is 3.58. The van der Waals surface area contributed by atoms with Gasteiger partial charge in [0.1, 0.15) is 5.69 Å². The molecule has 2 aliphatic heterocycles. The van der Waals surface area contributed by atoms with Crippen molar-refractivity contribution in [3.63, 3.8) is 0 Å². The molecule has 5 rings (SSSR count). The quantitative estimate of drug-likeness (QED) is 0.552. The summed E-state index contributed by atoms with van der Waals surface area (Å²) in [6.07, 6.45) is 2.30. The summed E-state index contributed by atoms with van der Waals surface area (Å²) in [4.78, 5) is 55.5. The predicted octanol–water partition coefficient (Wildman–Crippen LogP) is 1.41. The van der Waals surface area contributed by atoms with E-state index in [4.69, 9.17) is 4.42 Å². The first-order valence-corrected chi connectivity index (χ1v) is 11.6. The third-order valence-electron chi connectivity index (χ3n) is 6.41. The molecule has 0 radical (unpaired) electrons. The second-order valence-corrected chi connectivity index (χ2v) is 8.52. The summed E-state index contributed by atoms with van der Waals surface area (Å²) >= 11 is 0. The Kier molecular flexibility index (Phi) is 6.17. The minimum Gasteiger partial charge on any atom is -0.459 e. The number of furan rings is 1. The second kappa shape index (κ2) is 9.57. The Morgan fingerprint density at radius 2 is 1.63 bits per heavy atom. The van der Waals surface area contributed by atoms with Crippen molar-refractivity contribution in [1.29, 1.82) is 0 Å². The van der Waals surface area contributed by atoms with Gasteiger partial charge in [-0.25, -0.2) is 4.68 Å². The van der Waals surface area contributed by atoms with E-state index in [-0.39, 0.29) is 47.7 Å². The van der Waals surface area contributed by atoms with E-state index in [1.807, 2.05) is 24.3 Å². The highest BCUT2D eigenvalue weighted by Crippen LogP contribution is 2.28. The topological polar surface area (TPSA) is 109 Å². The molecular weight excluding hydrogens is 450 g/mol. The molecule has 35 heavy (non-hydrogen) atoms. The predicted molar refractivity (Wildman–Crippen MR) is 126 cm³/mol. The molecule has 0 spiro atoms. The minimum absolute atomic E-state index is 0.0704. The maximum atomic E-state index is 13.1. The SMILES string of the molecule is O=C(CCn1nc(C(=O)N2CCc3ccccc32)ccc1=O)N1CCN(C(=O)c2ccco2)CC1. The van der Waals surface area contributed by atoms with Crippen molar-refractivity contribution < 1.29 is 18.8 Å². The zero-order valence-corrected chi connectivity index (χ0v) is 19.1. The van der Waals surface area contributed by atoms with E-state index >= 15 is 0 Å². The first-order chi connectivity index (χ1) is 17.0. The standard InChI is InChI=1S/C25H25N5O5/c31-22(27-13-15-28(16-14-27)25(34)21-6-3-17-35-21)10-12-30-23(32)8-7-19(26-30)24(33)29-11-9-18-4-1-2-5-20(18)29/h1-8,17H,9-16H2. The van der Waals surface area contributed by atoms with Crippen LogP contribution in [0.15, 0.2) is 64.0 Å². The van der Waals surface area contributed by atoms with Gasteiger partial charge in [-0.05, 0) is 36.2 Å². The maximum absolute atomic E-state index is 13.1. The van der Waals surface area contributed by atoms with E-state index in [1.54, 1.807) is 26.8 Å². The van der Waals surface area contributed by atoms with Crippen molar-refractivity contribution in [2.24, 2.45) is 0 Å². The third kappa shape index (κ3) is 4.59. The first kappa shape index (κ1) is 22.6. The van der Waals surface area contributed by atoms with Gasteiger partial charge < -0.3 is 19.1 Å². The molecule has 180 valence electrons. The zero-order valence-electron chi connectivity index (χ0n) is 19.1. The van der Waals surface area contributed by atoms with Gasteiger partial charge >= 0.3 is 0 Å². The van der Waals surface area contributed by atoms with Crippen molar-refractivity contribution in [3.05, 3.63) is 82.2 Å². The molecule has 0 aliphatic carbocycles. The van der Waals surface area contributed by atoms with Crippen LogP contribution in [0.4, 0.5) is 5.69 Å². The summed E-state index contributed by atoms with van der Waals surface area (Å²) in [6.45, 7) is 2.25. The van der Waals surface area contributed by atoms with Crippen LogP contribution in [0.5, 0.6) is 0 Å². The van der Waals surface area contributed by atoms with Crippen molar-refractivity contribution >= 4 is 23.4 Å². The number of rotatable bonds is 5. The van der Waals surface area contributed by atoms with Crippen LogP contribution in [0.25, 0.3) is 0 Å². The zero-order chi connectivity index (χ0) is 24.4. The molecule has 4 heterocycles. The Balaban J connectivity index is 1.19. The number of carbonyl (C=O) groups is 3. The molecule has 3 aromatic rings. The van der Waals surface area contributed by atoms with Crippen molar-refractivity contribution in [1.82, 2.24) is 19.6 Å². The summed E-state index contributed by atoms with van der Waals surface area (Å²) in [7, 11) is 0. The molecule has 10 heteroatoms. The third-order valence-corrected chi connectivity index (χ3v) is 6.41. The summed E-state index contributed by atoms with van der Waals surface area (Å²) in [5.41, 5.74) is 1.76. The van der Waals surface area contributed by atoms with Gasteiger partial charge in [0.15, 0.2) is 5.76 Å². The number of hydrogen-bond acceptors (Lipinski definition) is 6. The van der Waals surface area contributed by atoms with Crippen LogP contribution in [-0.4, -0.2) is 70.0 Å². The lowest BCUT2D eigenvalue weighted by atomic mass is 10.2. The number of hydrogen-bond donors (Lipinski definition) is 0. The Bertz CT molecular complexity index is 1310. The van der Waals surface area contributed by atoms with E-state index in [0.717, 1.165) is 17.7 Å². The average molecular weight is 476 g/mol. The Hall–Kier alpha value is -4.21. The van der Waals surface area contributed by atoms with Crippen LogP contribution < -0.4 is 10.5 Å². The van der Waals surface area contributed by atoms with Crippen LogP contribution in [0.3, 0.4) is 0 Å². The lowest BCUT2D eigenvalue weighted by Gasteiger charge is -2.34. The van der Waals surface area contributed by atoms with E-state index in [2.05, 4.69) is 5.10 Å². The number of aryl methyl sites for hydroxylation is 1. The number of aromatic nitrogens is 2. The van der Waals surface area contributed by atoms with Gasteiger partial charge in [0.25, 0.3) is 17.4 Å². The number of carbonyl (C=O) groups excluding carboxylic acids is 3. The Morgan fingerprint density at radius 3 is 2.40 bits per heavy atom. The summed E-state index contributed by atoms with van der Waals surface area (Å²) < 4.78 is 6.33. The molecular formula is C25H25N5O5. The summed E-state index contributed by atoms with van der Waals surface area (Å²) in [5.74, 6) is -0.316. The highest BCUT2D eigenvalue weighted by molar-refractivity contribution is 6.05. The monoisotopic (exact) mass is 475 g/mol. The lowest BCUT2D eigenvalue weighted by Crippen LogP contribution is -2.50. The second-order valence-electron chi connectivity index (χ2n) is 8.52. The van der Waals surface area contributed by atoms with Gasteiger partial charge in [0.2, 0.25) is 5.91 Å². The van der Waals surface area contributed by atoms with Crippen molar-refractivity contribution in [2.75, 3.05) is 37.6 Å². The molecule has 0 bridgehead atoms. The van der Waals surface area contributed by atoms with E-state index < -0.39 is 0 Å². The highest BCUT2D eigenvalue weighted by atomic mass is 16.3. The molecule has 1 saturated heterocycles. The van der Waals surface area contributed by atoms with Crippen LogP contribution in [0.1, 0.15) is 33.0 Å². The molecule has 0 atom stereocenters. The number of para-hydroxylation sites is 1. The fourth-order valence-corrected chi connectivity index (χ4v) is 4.49. The van der Waals surface area contributed by atoms with Crippen LogP contribution in [0.2, 0.25) is 0 Å². The highest BCUT2D eigenvalue weighted by Gasteiger charge is 2.28. The van der Waals surface area contributed by atoms with Gasteiger partial charge in [0.05, 0.1) is 12.8 Å². The van der Waals surface area contributed by atoms with Gasteiger partial charge in [-0.3, -0.25) is 19.2 Å². The summed E-state index contributed by atoms with van der Waals surface area (Å²) in [6, 6.07) is 13.7. The van der Waals surface area contributed by atoms with Gasteiger partial charge in [-0.15, -0.1) is 0 Å². The Morgan fingerprint density at radius 1 is 0.857 bits per heavy atom. The molecule has 0 N–H and O–H groups in total. The number of anilines is 1. The number of benzene rings is 1. The summed E-state index contributed by atoms with van der Waals surface area (Å²) in [5, 5.41) is 4.25. The largest absolute Gasteiger partial charge is 0.459 e. The van der Waals surface area contributed by atoms with Crippen LogP contribution in [0, 0.1) is 0 Å².